The van der Waals surface area contributed by atoms with E-state index in [9.17, 15) is 5.11 Å². The van der Waals surface area contributed by atoms with Gasteiger partial charge in [0.1, 0.15) is 17.1 Å². The van der Waals surface area contributed by atoms with Crippen LogP contribution in [-0.4, -0.2) is 15.1 Å². The Kier molecular flexibility index (Phi) is 8.90. The largest absolute Gasteiger partial charge is 0.506 e. The number of aromatic hydroxyl groups is 1. The summed E-state index contributed by atoms with van der Waals surface area (Å²) in [5, 5.41) is 12.1. The molecule has 0 saturated carbocycles. The number of nitrogens with zero attached hydrogens (tertiary/aromatic N) is 4. The van der Waals surface area contributed by atoms with Gasteiger partial charge in [-0.1, -0.05) is 116 Å². The van der Waals surface area contributed by atoms with Crippen molar-refractivity contribution in [3.8, 4) is 28.1 Å². The topological polar surface area (TPSA) is 52.5 Å². The van der Waals surface area contributed by atoms with E-state index in [0.717, 1.165) is 67.6 Å². The molecule has 3 heterocycles. The van der Waals surface area contributed by atoms with Crippen molar-refractivity contribution in [1.29, 1.82) is 0 Å². The van der Waals surface area contributed by atoms with E-state index in [1.54, 1.807) is 6.07 Å². The molecule has 0 radical (unpaired) electrons. The molecule has 0 amide bonds. The van der Waals surface area contributed by atoms with E-state index in [4.69, 9.17) is 9.97 Å². The summed E-state index contributed by atoms with van der Waals surface area (Å²) < 4.78 is 0. The number of hydrogen-bond donors (Lipinski definition) is 1. The van der Waals surface area contributed by atoms with E-state index in [1.807, 2.05) is 60.8 Å². The summed E-state index contributed by atoms with van der Waals surface area (Å²) >= 11 is 0. The summed E-state index contributed by atoms with van der Waals surface area (Å²) in [4.78, 5) is 14.5. The number of rotatable bonds is 6. The van der Waals surface area contributed by atoms with Crippen LogP contribution in [0.3, 0.4) is 0 Å². The summed E-state index contributed by atoms with van der Waals surface area (Å²) in [6.45, 7) is 4.53. The summed E-state index contributed by atoms with van der Waals surface area (Å²) in [6.07, 6.45) is 1.88. The Morgan fingerprint density at radius 1 is 0.642 bits per heavy atom. The van der Waals surface area contributed by atoms with Gasteiger partial charge in [-0.25, -0.2) is 4.98 Å². The molecular weight excluding hydrogens is 832 g/mol. The van der Waals surface area contributed by atoms with Gasteiger partial charge in [0.05, 0.1) is 5.69 Å². The van der Waals surface area contributed by atoms with E-state index < -0.39 is 0 Å². The van der Waals surface area contributed by atoms with Crippen LogP contribution in [0.2, 0.25) is 0 Å². The van der Waals surface area contributed by atoms with E-state index in [1.165, 1.54) is 5.56 Å². The normalized spacial score (nSPS) is 12.8. The van der Waals surface area contributed by atoms with Gasteiger partial charge in [0, 0.05) is 49.7 Å². The minimum Gasteiger partial charge on any atom is -0.506 e. The third-order valence-corrected chi connectivity index (χ3v) is 10.1. The van der Waals surface area contributed by atoms with Crippen LogP contribution in [0.15, 0.2) is 170 Å². The molecular formula is C47H35N4OPt-. The zero-order chi connectivity index (χ0) is 35.2. The van der Waals surface area contributed by atoms with Gasteiger partial charge in [0.15, 0.2) is 0 Å². The number of anilines is 6. The van der Waals surface area contributed by atoms with Gasteiger partial charge in [-0.2, -0.15) is 0 Å². The Hall–Kier alpha value is -6.03. The number of phenolic OH excluding ortho intramolecular Hbond substituents is 1. The standard InChI is InChI=1S/C47H35N4O.Pt/c1-47(2)38-20-12-13-21-42(38)51(45-31-33(28-29-48-45)32-14-6-3-7-15-32)43-30-34(22-24-39(43)47)40-25-23-37-41(26-27-44(52)46(37)49-40)50(35-16-8-4-9-17-35)36-18-10-5-11-19-36;/h3-29,31,52H,1-2H3;/q-1;. The van der Waals surface area contributed by atoms with Crippen molar-refractivity contribution in [2.75, 3.05) is 9.80 Å². The van der Waals surface area contributed by atoms with Crippen molar-refractivity contribution in [2.24, 2.45) is 0 Å². The Morgan fingerprint density at radius 2 is 1.30 bits per heavy atom. The third-order valence-electron chi connectivity index (χ3n) is 10.1. The molecule has 0 spiro atoms. The number of fused-ring (bicyclic) bond motifs is 3. The molecule has 0 saturated heterocycles. The Balaban J connectivity index is 0.00000400. The Labute approximate surface area is 324 Å². The second-order valence-electron chi connectivity index (χ2n) is 13.6. The molecule has 1 aliphatic rings. The van der Waals surface area contributed by atoms with Crippen LogP contribution in [0.4, 0.5) is 34.3 Å². The molecule has 1 aliphatic heterocycles. The van der Waals surface area contributed by atoms with Crippen molar-refractivity contribution < 1.29 is 26.2 Å². The van der Waals surface area contributed by atoms with Crippen LogP contribution in [0.25, 0.3) is 33.3 Å². The fourth-order valence-electron chi connectivity index (χ4n) is 7.48. The van der Waals surface area contributed by atoms with Gasteiger partial charge in [0.2, 0.25) is 0 Å². The summed E-state index contributed by atoms with van der Waals surface area (Å²) in [6, 6.07) is 59.5. The smallest absolute Gasteiger partial charge is 0.140 e. The van der Waals surface area contributed by atoms with E-state index in [-0.39, 0.29) is 32.2 Å². The maximum Gasteiger partial charge on any atom is 0.140 e. The first-order valence-electron chi connectivity index (χ1n) is 17.5. The maximum atomic E-state index is 11.3. The zero-order valence-corrected chi connectivity index (χ0v) is 31.5. The van der Waals surface area contributed by atoms with E-state index in [2.05, 4.69) is 133 Å². The molecule has 0 unspecified atom stereocenters. The SMILES string of the molecule is CC1(C)c2ccc(-c3ccc4c(N(c5ccccc5)c5ccccc5)ccc(O)c4n3)[c-]c2N(c2cc(-c3ccccc3)ccn2)c2ccccc21.[Pt]. The molecule has 0 fully saturated rings. The molecule has 0 bridgehead atoms. The van der Waals surface area contributed by atoms with E-state index in [0.29, 0.717) is 5.52 Å². The van der Waals surface area contributed by atoms with Crippen molar-refractivity contribution in [1.82, 2.24) is 9.97 Å². The average Bonchev–Trinajstić information content (AvgIpc) is 3.20. The van der Waals surface area contributed by atoms with Crippen LogP contribution in [0, 0.1) is 6.07 Å². The number of para-hydroxylation sites is 3. The molecule has 53 heavy (non-hydrogen) atoms. The summed E-state index contributed by atoms with van der Waals surface area (Å²) in [5.74, 6) is 0.938. The van der Waals surface area contributed by atoms with Gasteiger partial charge >= 0.3 is 0 Å². The fraction of sp³-hybridized carbons (Fsp3) is 0.0638. The fourth-order valence-corrected chi connectivity index (χ4v) is 7.48. The Bertz CT molecular complexity index is 2540. The van der Waals surface area contributed by atoms with Gasteiger partial charge in [-0.15, -0.1) is 23.8 Å². The van der Waals surface area contributed by atoms with Crippen LogP contribution in [0.1, 0.15) is 25.0 Å². The molecule has 6 heteroatoms. The monoisotopic (exact) mass is 866 g/mol. The molecule has 9 rings (SSSR count). The van der Waals surface area contributed by atoms with Crippen LogP contribution in [-0.2, 0) is 26.5 Å². The zero-order valence-electron chi connectivity index (χ0n) is 29.2. The predicted molar refractivity (Wildman–Crippen MR) is 212 cm³/mol. The molecule has 0 atom stereocenters. The molecule has 5 nitrogen and oxygen atoms in total. The van der Waals surface area contributed by atoms with Crippen LogP contribution < -0.4 is 9.80 Å². The first-order chi connectivity index (χ1) is 25.5. The quantitative estimate of drug-likeness (QED) is 0.169. The number of hydrogen-bond acceptors (Lipinski definition) is 5. The van der Waals surface area contributed by atoms with Gasteiger partial charge in [0.25, 0.3) is 0 Å². The predicted octanol–water partition coefficient (Wildman–Crippen LogP) is 12.0. The first kappa shape index (κ1) is 34.1. The van der Waals surface area contributed by atoms with Crippen molar-refractivity contribution >= 4 is 45.2 Å². The first-order valence-corrected chi connectivity index (χ1v) is 17.5. The molecule has 6 aromatic carbocycles. The van der Waals surface area contributed by atoms with Crippen molar-refractivity contribution in [2.45, 2.75) is 19.3 Å². The number of benzene rings is 6. The maximum absolute atomic E-state index is 11.3. The van der Waals surface area contributed by atoms with Crippen molar-refractivity contribution in [3.05, 3.63) is 187 Å². The van der Waals surface area contributed by atoms with E-state index >= 15 is 0 Å². The minimum absolute atomic E-state index is 0. The summed E-state index contributed by atoms with van der Waals surface area (Å²) in [5.41, 5.74) is 11.3. The second-order valence-corrected chi connectivity index (χ2v) is 13.6. The second kappa shape index (κ2) is 13.8. The Morgan fingerprint density at radius 3 is 2.02 bits per heavy atom. The minimum atomic E-state index is -0.281. The van der Waals surface area contributed by atoms with Gasteiger partial charge in [-0.3, -0.25) is 4.98 Å². The van der Waals surface area contributed by atoms with Crippen LogP contribution >= 0.6 is 0 Å². The molecule has 2 aromatic heterocycles. The number of aromatic nitrogens is 2. The average molecular weight is 867 g/mol. The molecule has 260 valence electrons. The van der Waals surface area contributed by atoms with Gasteiger partial charge in [-0.05, 0) is 88.1 Å². The molecule has 1 N–H and O–H groups in total. The van der Waals surface area contributed by atoms with Gasteiger partial charge < -0.3 is 14.9 Å². The van der Waals surface area contributed by atoms with Crippen LogP contribution in [0.5, 0.6) is 5.75 Å². The summed E-state index contributed by atoms with van der Waals surface area (Å²) in [7, 11) is 0. The number of pyridine rings is 2. The molecule has 8 aromatic rings. The van der Waals surface area contributed by atoms with Crippen molar-refractivity contribution in [3.63, 3.8) is 0 Å². The molecule has 0 aliphatic carbocycles. The number of phenols is 1. The third kappa shape index (κ3) is 5.97.